The molecule has 8 heteroatoms. The summed E-state index contributed by atoms with van der Waals surface area (Å²) in [5.41, 5.74) is 5.48. The number of furan rings is 1. The first-order valence-corrected chi connectivity index (χ1v) is 13.0. The highest BCUT2D eigenvalue weighted by Crippen LogP contribution is 2.46. The number of likely N-dealkylation sites (tertiary alicyclic amines) is 1. The van der Waals surface area contributed by atoms with E-state index < -0.39 is 12.1 Å². The number of fused-ring (bicyclic) bond motifs is 1. The first kappa shape index (κ1) is 27.3. The minimum Gasteiger partial charge on any atom is -0.456 e. The van der Waals surface area contributed by atoms with E-state index in [1.165, 1.54) is 22.3 Å². The first-order valence-electron chi connectivity index (χ1n) is 13.0. The minimum absolute atomic E-state index is 0.0423. The summed E-state index contributed by atoms with van der Waals surface area (Å²) in [5.74, 6) is -1.23. The van der Waals surface area contributed by atoms with E-state index in [0.717, 1.165) is 18.6 Å². The Kier molecular flexibility index (Phi) is 7.25. The monoisotopic (exact) mass is 518 g/mol. The standard InChI is InChI=1S/C29H37F3N2O3/c1-18-14-22-23(28(4,5)11-10-27(22,2)3)16-20(18)15-21-6-7-24(37-21)25(35)34-12-8-19(9-13-34)17-33-26(36)29(30,31)32/h6-7,14,16,19H,8-13,15,17H2,1-5H3,(H,33,36). The summed E-state index contributed by atoms with van der Waals surface area (Å²) >= 11 is 0. The lowest BCUT2D eigenvalue weighted by molar-refractivity contribution is -0.173. The van der Waals surface area contributed by atoms with Gasteiger partial charge in [-0.2, -0.15) is 13.2 Å². The Bertz CT molecular complexity index is 1170. The van der Waals surface area contributed by atoms with E-state index in [2.05, 4.69) is 46.8 Å². The summed E-state index contributed by atoms with van der Waals surface area (Å²) < 4.78 is 43.1. The van der Waals surface area contributed by atoms with E-state index in [4.69, 9.17) is 4.42 Å². The maximum absolute atomic E-state index is 13.0. The molecule has 1 fully saturated rings. The zero-order valence-corrected chi connectivity index (χ0v) is 22.3. The van der Waals surface area contributed by atoms with Crippen molar-refractivity contribution in [1.82, 2.24) is 10.2 Å². The number of aryl methyl sites for hydroxylation is 1. The molecule has 0 atom stereocenters. The fourth-order valence-electron chi connectivity index (χ4n) is 5.57. The fraction of sp³-hybridized carbons (Fsp3) is 0.586. The summed E-state index contributed by atoms with van der Waals surface area (Å²) in [5, 5.41) is 1.94. The Balaban J connectivity index is 1.39. The van der Waals surface area contributed by atoms with Crippen LogP contribution in [0, 0.1) is 12.8 Å². The average Bonchev–Trinajstić information content (AvgIpc) is 3.29. The second-order valence-corrected chi connectivity index (χ2v) is 12.0. The van der Waals surface area contributed by atoms with Crippen molar-refractivity contribution in [2.75, 3.05) is 19.6 Å². The van der Waals surface area contributed by atoms with Gasteiger partial charge >= 0.3 is 12.1 Å². The number of nitrogens with zero attached hydrogens (tertiary/aromatic N) is 1. The number of halogens is 3. The third-order valence-corrected chi connectivity index (χ3v) is 8.26. The molecule has 1 aliphatic heterocycles. The SMILES string of the molecule is Cc1cc2c(cc1Cc1ccc(C(=O)N3CCC(CNC(=O)C(F)(F)F)CC3)o1)C(C)(C)CCC2(C)C. The largest absolute Gasteiger partial charge is 0.471 e. The number of hydrogen-bond acceptors (Lipinski definition) is 3. The maximum Gasteiger partial charge on any atom is 0.471 e. The van der Waals surface area contributed by atoms with E-state index in [-0.39, 0.29) is 35.0 Å². The summed E-state index contributed by atoms with van der Waals surface area (Å²) in [6.45, 7) is 12.1. The molecular formula is C29H37F3N2O3. The average molecular weight is 519 g/mol. The van der Waals surface area contributed by atoms with Crippen molar-refractivity contribution in [2.45, 2.75) is 83.7 Å². The topological polar surface area (TPSA) is 62.6 Å². The Morgan fingerprint density at radius 2 is 1.62 bits per heavy atom. The number of hydrogen-bond donors (Lipinski definition) is 1. The molecule has 5 nitrogen and oxygen atoms in total. The number of carbonyl (C=O) groups is 2. The van der Waals surface area contributed by atoms with Crippen LogP contribution in [0.1, 0.15) is 91.9 Å². The maximum atomic E-state index is 13.0. The normalized spacial score (nSPS) is 19.4. The fourth-order valence-corrected chi connectivity index (χ4v) is 5.57. The number of amides is 2. The van der Waals surface area contributed by atoms with Crippen LogP contribution in [0.4, 0.5) is 13.2 Å². The van der Waals surface area contributed by atoms with E-state index in [0.29, 0.717) is 32.4 Å². The van der Waals surface area contributed by atoms with Gasteiger partial charge in [0.2, 0.25) is 0 Å². The van der Waals surface area contributed by atoms with Crippen molar-refractivity contribution in [2.24, 2.45) is 5.92 Å². The molecule has 1 aliphatic carbocycles. The Hall–Kier alpha value is -2.77. The third kappa shape index (κ3) is 5.88. The number of rotatable bonds is 5. The lowest BCUT2D eigenvalue weighted by Crippen LogP contribution is -2.44. The van der Waals surface area contributed by atoms with Gasteiger partial charge in [-0.25, -0.2) is 0 Å². The van der Waals surface area contributed by atoms with Crippen LogP contribution in [0.2, 0.25) is 0 Å². The summed E-state index contributed by atoms with van der Waals surface area (Å²) in [6.07, 6.45) is -0.924. The second kappa shape index (κ2) is 9.84. The lowest BCUT2D eigenvalue weighted by atomic mass is 9.62. The van der Waals surface area contributed by atoms with Crippen LogP contribution in [0.25, 0.3) is 0 Å². The van der Waals surface area contributed by atoms with E-state index >= 15 is 0 Å². The van der Waals surface area contributed by atoms with Crippen molar-refractivity contribution in [1.29, 1.82) is 0 Å². The van der Waals surface area contributed by atoms with Crippen LogP contribution in [0.5, 0.6) is 0 Å². The highest BCUT2D eigenvalue weighted by molar-refractivity contribution is 5.91. The van der Waals surface area contributed by atoms with Gasteiger partial charge in [-0.1, -0.05) is 39.8 Å². The molecule has 2 amide bonds. The minimum atomic E-state index is -4.88. The molecule has 4 rings (SSSR count). The van der Waals surface area contributed by atoms with Gasteiger partial charge in [-0.05, 0) is 83.7 Å². The summed E-state index contributed by atoms with van der Waals surface area (Å²) in [6, 6.07) is 8.19. The molecule has 202 valence electrons. The zero-order chi connectivity index (χ0) is 27.2. The van der Waals surface area contributed by atoms with Gasteiger partial charge in [0.1, 0.15) is 5.76 Å². The Morgan fingerprint density at radius 1 is 1.03 bits per heavy atom. The van der Waals surface area contributed by atoms with Crippen LogP contribution >= 0.6 is 0 Å². The van der Waals surface area contributed by atoms with Crippen molar-refractivity contribution < 1.29 is 27.2 Å². The molecular weight excluding hydrogens is 481 g/mol. The highest BCUT2D eigenvalue weighted by atomic mass is 19.4. The zero-order valence-electron chi connectivity index (χ0n) is 22.3. The van der Waals surface area contributed by atoms with Crippen LogP contribution < -0.4 is 5.32 Å². The van der Waals surface area contributed by atoms with Crippen molar-refractivity contribution >= 4 is 11.8 Å². The van der Waals surface area contributed by atoms with Crippen LogP contribution in [-0.4, -0.2) is 42.5 Å². The Labute approximate surface area is 216 Å². The van der Waals surface area contributed by atoms with Crippen LogP contribution in [0.15, 0.2) is 28.7 Å². The molecule has 0 bridgehead atoms. The van der Waals surface area contributed by atoms with Gasteiger partial charge < -0.3 is 14.6 Å². The predicted octanol–water partition coefficient (Wildman–Crippen LogP) is 6.06. The molecule has 1 aromatic carbocycles. The van der Waals surface area contributed by atoms with E-state index in [1.807, 2.05) is 11.4 Å². The van der Waals surface area contributed by atoms with Crippen LogP contribution in [-0.2, 0) is 22.0 Å². The first-order chi connectivity index (χ1) is 17.2. The number of nitrogens with one attached hydrogen (secondary N) is 1. The van der Waals surface area contributed by atoms with Gasteiger partial charge in [0.15, 0.2) is 5.76 Å². The molecule has 0 radical (unpaired) electrons. The Morgan fingerprint density at radius 3 is 2.22 bits per heavy atom. The number of piperidine rings is 1. The van der Waals surface area contributed by atoms with Crippen molar-refractivity contribution in [3.63, 3.8) is 0 Å². The smallest absolute Gasteiger partial charge is 0.456 e. The van der Waals surface area contributed by atoms with Crippen LogP contribution in [0.3, 0.4) is 0 Å². The number of benzene rings is 1. The van der Waals surface area contributed by atoms with Gasteiger partial charge in [0, 0.05) is 26.1 Å². The highest BCUT2D eigenvalue weighted by Gasteiger charge is 2.39. The molecule has 1 N–H and O–H groups in total. The molecule has 1 saturated heterocycles. The summed E-state index contributed by atoms with van der Waals surface area (Å²) in [7, 11) is 0. The number of alkyl halides is 3. The molecule has 37 heavy (non-hydrogen) atoms. The predicted molar refractivity (Wildman–Crippen MR) is 136 cm³/mol. The van der Waals surface area contributed by atoms with Gasteiger partial charge in [0.25, 0.3) is 5.91 Å². The molecule has 1 aromatic heterocycles. The molecule has 0 saturated carbocycles. The molecule has 0 unspecified atom stereocenters. The summed E-state index contributed by atoms with van der Waals surface area (Å²) in [4.78, 5) is 25.7. The molecule has 2 aliphatic rings. The quantitative estimate of drug-likeness (QED) is 0.524. The van der Waals surface area contributed by atoms with Crippen molar-refractivity contribution in [3.8, 4) is 0 Å². The third-order valence-electron chi connectivity index (χ3n) is 8.26. The van der Waals surface area contributed by atoms with Gasteiger partial charge in [-0.3, -0.25) is 9.59 Å². The van der Waals surface area contributed by atoms with Crippen molar-refractivity contribution in [3.05, 3.63) is 58.0 Å². The van der Waals surface area contributed by atoms with Gasteiger partial charge in [-0.15, -0.1) is 0 Å². The van der Waals surface area contributed by atoms with Gasteiger partial charge in [0.05, 0.1) is 0 Å². The molecule has 2 aromatic rings. The second-order valence-electron chi connectivity index (χ2n) is 12.0. The number of carbonyl (C=O) groups excluding carboxylic acids is 2. The van der Waals surface area contributed by atoms with E-state index in [1.54, 1.807) is 11.0 Å². The molecule has 0 spiro atoms. The van der Waals surface area contributed by atoms with E-state index in [9.17, 15) is 22.8 Å². The molecule has 2 heterocycles. The lowest BCUT2D eigenvalue weighted by Gasteiger charge is -2.42.